The van der Waals surface area contributed by atoms with E-state index < -0.39 is 0 Å². The number of halogens is 1. The number of likely N-dealkylation sites (N-methyl/N-ethyl adjacent to an activating group) is 1. The Morgan fingerprint density at radius 3 is 2.85 bits per heavy atom. The average Bonchev–Trinajstić information content (AvgIpc) is 3.10. The lowest BCUT2D eigenvalue weighted by Gasteiger charge is -2.32. The van der Waals surface area contributed by atoms with Crippen LogP contribution in [0.25, 0.3) is 20.7 Å². The topological polar surface area (TPSA) is 44.3 Å². The summed E-state index contributed by atoms with van der Waals surface area (Å²) in [4.78, 5) is 15.2. The Kier molecular flexibility index (Phi) is 6.02. The van der Waals surface area contributed by atoms with E-state index in [0.29, 0.717) is 5.95 Å². The second-order valence-electron chi connectivity index (χ2n) is 6.98. The van der Waals surface area contributed by atoms with E-state index in [-0.39, 0.29) is 0 Å². The van der Waals surface area contributed by atoms with Crippen LogP contribution < -0.4 is 5.32 Å². The molecule has 5 nitrogen and oxygen atoms in total. The lowest BCUT2D eigenvalue weighted by atomic mass is 10.2. The molecule has 0 radical (unpaired) electrons. The monoisotopic (exact) mass is 445 g/mol. The summed E-state index contributed by atoms with van der Waals surface area (Å²) in [7, 11) is 2.19. The quantitative estimate of drug-likeness (QED) is 0.576. The van der Waals surface area contributed by atoms with Crippen LogP contribution in [0, 0.1) is 0 Å². The van der Waals surface area contributed by atoms with Gasteiger partial charge in [0.15, 0.2) is 0 Å². The first-order valence-electron chi connectivity index (χ1n) is 9.35. The van der Waals surface area contributed by atoms with Crippen molar-refractivity contribution in [1.29, 1.82) is 0 Å². The number of thiophene rings is 1. The number of hydrogen-bond acceptors (Lipinski definition) is 6. The van der Waals surface area contributed by atoms with Gasteiger partial charge in [0.25, 0.3) is 0 Å². The standard InChI is InChI=1S/C20H24BrN5S/c1-25-9-11-26(12-10-25)8-2-6-22-20-23-7-5-17(24-20)19-13-15-3-4-16(21)14-18(15)27-19/h3-5,7,13-14H,2,6,8-12H2,1H3,(H,22,23,24). The summed E-state index contributed by atoms with van der Waals surface area (Å²) in [5.74, 6) is 0.713. The largest absolute Gasteiger partial charge is 0.354 e. The van der Waals surface area contributed by atoms with Crippen LogP contribution in [-0.2, 0) is 0 Å². The molecule has 4 rings (SSSR count). The van der Waals surface area contributed by atoms with E-state index in [1.807, 2.05) is 12.3 Å². The van der Waals surface area contributed by atoms with Crippen molar-refractivity contribution in [3.05, 3.63) is 41.0 Å². The van der Waals surface area contributed by atoms with Crippen LogP contribution in [0.2, 0.25) is 0 Å². The number of hydrogen-bond donors (Lipinski definition) is 1. The van der Waals surface area contributed by atoms with Crippen molar-refractivity contribution in [2.45, 2.75) is 6.42 Å². The van der Waals surface area contributed by atoms with Gasteiger partial charge in [0.1, 0.15) is 0 Å². The highest BCUT2D eigenvalue weighted by atomic mass is 79.9. The molecule has 0 spiro atoms. The number of benzene rings is 1. The Bertz CT molecular complexity index is 904. The SMILES string of the molecule is CN1CCN(CCCNc2nccc(-c3cc4ccc(Br)cc4s3)n2)CC1. The fraction of sp³-hybridized carbons (Fsp3) is 0.400. The van der Waals surface area contributed by atoms with Crippen molar-refractivity contribution < 1.29 is 0 Å². The molecule has 0 aliphatic carbocycles. The van der Waals surface area contributed by atoms with E-state index >= 15 is 0 Å². The van der Waals surface area contributed by atoms with Crippen molar-refractivity contribution in [3.63, 3.8) is 0 Å². The maximum Gasteiger partial charge on any atom is 0.223 e. The van der Waals surface area contributed by atoms with E-state index in [9.17, 15) is 0 Å². The lowest BCUT2D eigenvalue weighted by Crippen LogP contribution is -2.44. The highest BCUT2D eigenvalue weighted by Gasteiger charge is 2.13. The van der Waals surface area contributed by atoms with Crippen molar-refractivity contribution in [2.75, 3.05) is 51.6 Å². The normalized spacial score (nSPS) is 16.1. The Hall–Kier alpha value is -1.54. The number of nitrogens with zero attached hydrogens (tertiary/aromatic N) is 4. The molecule has 1 fully saturated rings. The Morgan fingerprint density at radius 1 is 1.15 bits per heavy atom. The second-order valence-corrected chi connectivity index (χ2v) is 8.98. The molecule has 1 saturated heterocycles. The molecule has 0 bridgehead atoms. The van der Waals surface area contributed by atoms with Gasteiger partial charge in [0, 0.05) is 48.1 Å². The number of anilines is 1. The minimum absolute atomic E-state index is 0.713. The molecule has 3 aromatic rings. The van der Waals surface area contributed by atoms with E-state index in [2.05, 4.69) is 67.3 Å². The van der Waals surface area contributed by atoms with Gasteiger partial charge in [-0.3, -0.25) is 0 Å². The highest BCUT2D eigenvalue weighted by Crippen LogP contribution is 2.34. The molecule has 1 aliphatic rings. The molecule has 1 aliphatic heterocycles. The third-order valence-electron chi connectivity index (χ3n) is 4.92. The fourth-order valence-corrected chi connectivity index (χ4v) is 4.87. The summed E-state index contributed by atoms with van der Waals surface area (Å²) >= 11 is 5.30. The second kappa shape index (κ2) is 8.65. The van der Waals surface area contributed by atoms with E-state index in [0.717, 1.165) is 29.7 Å². The van der Waals surface area contributed by atoms with Gasteiger partial charge >= 0.3 is 0 Å². The number of fused-ring (bicyclic) bond motifs is 1. The zero-order valence-electron chi connectivity index (χ0n) is 15.5. The van der Waals surface area contributed by atoms with Crippen LogP contribution in [0.3, 0.4) is 0 Å². The van der Waals surface area contributed by atoms with Crippen LogP contribution in [-0.4, -0.2) is 66.1 Å². The third-order valence-corrected chi connectivity index (χ3v) is 6.53. The summed E-state index contributed by atoms with van der Waals surface area (Å²) in [5.41, 5.74) is 0.976. The minimum atomic E-state index is 0.713. The number of aromatic nitrogens is 2. The first-order valence-corrected chi connectivity index (χ1v) is 11.0. The van der Waals surface area contributed by atoms with Gasteiger partial charge < -0.3 is 15.1 Å². The van der Waals surface area contributed by atoms with Gasteiger partial charge in [-0.15, -0.1) is 11.3 Å². The predicted molar refractivity (Wildman–Crippen MR) is 118 cm³/mol. The molecule has 27 heavy (non-hydrogen) atoms. The van der Waals surface area contributed by atoms with Crippen molar-refractivity contribution in [3.8, 4) is 10.6 Å². The summed E-state index contributed by atoms with van der Waals surface area (Å²) in [5, 5.41) is 4.63. The van der Waals surface area contributed by atoms with Crippen LogP contribution in [0.1, 0.15) is 6.42 Å². The molecular formula is C20H24BrN5S. The van der Waals surface area contributed by atoms with Gasteiger partial charge in [0.2, 0.25) is 5.95 Å². The van der Waals surface area contributed by atoms with Gasteiger partial charge in [-0.1, -0.05) is 22.0 Å². The molecule has 142 valence electrons. The molecule has 0 atom stereocenters. The lowest BCUT2D eigenvalue weighted by molar-refractivity contribution is 0.154. The summed E-state index contributed by atoms with van der Waals surface area (Å²) in [6.07, 6.45) is 2.94. The maximum atomic E-state index is 4.71. The molecule has 0 unspecified atom stereocenters. The highest BCUT2D eigenvalue weighted by molar-refractivity contribution is 9.10. The molecule has 2 aromatic heterocycles. The Morgan fingerprint density at radius 2 is 2.00 bits per heavy atom. The Labute approximate surface area is 172 Å². The number of rotatable bonds is 6. The van der Waals surface area contributed by atoms with Gasteiger partial charge in [-0.2, -0.15) is 0 Å². The van der Waals surface area contributed by atoms with E-state index in [4.69, 9.17) is 4.98 Å². The molecule has 7 heteroatoms. The van der Waals surface area contributed by atoms with Crippen LogP contribution in [0.4, 0.5) is 5.95 Å². The first kappa shape index (κ1) is 18.8. The summed E-state index contributed by atoms with van der Waals surface area (Å²) < 4.78 is 2.37. The summed E-state index contributed by atoms with van der Waals surface area (Å²) in [6, 6.07) is 10.5. The Balaban J connectivity index is 1.34. The molecule has 3 heterocycles. The molecule has 0 saturated carbocycles. The third kappa shape index (κ3) is 4.85. The predicted octanol–water partition coefficient (Wildman–Crippen LogP) is 4.17. The number of piperazine rings is 1. The minimum Gasteiger partial charge on any atom is -0.354 e. The van der Waals surface area contributed by atoms with Crippen LogP contribution in [0.15, 0.2) is 41.0 Å². The molecule has 1 N–H and O–H groups in total. The van der Waals surface area contributed by atoms with E-state index in [1.165, 1.54) is 41.1 Å². The summed E-state index contributed by atoms with van der Waals surface area (Å²) in [6.45, 7) is 6.71. The molecule has 1 aromatic carbocycles. The van der Waals surface area contributed by atoms with Gasteiger partial charge in [0.05, 0.1) is 10.6 Å². The fourth-order valence-electron chi connectivity index (χ4n) is 3.29. The zero-order chi connectivity index (χ0) is 18.6. The van der Waals surface area contributed by atoms with Crippen molar-refractivity contribution >= 4 is 43.3 Å². The van der Waals surface area contributed by atoms with Crippen LogP contribution in [0.5, 0.6) is 0 Å². The average molecular weight is 446 g/mol. The van der Waals surface area contributed by atoms with E-state index in [1.54, 1.807) is 11.3 Å². The first-order chi connectivity index (χ1) is 13.2. The maximum absolute atomic E-state index is 4.71. The zero-order valence-corrected chi connectivity index (χ0v) is 17.9. The molecule has 0 amide bonds. The van der Waals surface area contributed by atoms with Crippen molar-refractivity contribution in [1.82, 2.24) is 19.8 Å². The smallest absolute Gasteiger partial charge is 0.223 e. The van der Waals surface area contributed by atoms with Gasteiger partial charge in [-0.05, 0) is 49.7 Å². The van der Waals surface area contributed by atoms with Crippen LogP contribution >= 0.6 is 27.3 Å². The van der Waals surface area contributed by atoms with Crippen molar-refractivity contribution in [2.24, 2.45) is 0 Å². The number of nitrogens with one attached hydrogen (secondary N) is 1. The van der Waals surface area contributed by atoms with Gasteiger partial charge in [-0.25, -0.2) is 9.97 Å². The molecular weight excluding hydrogens is 422 g/mol.